The molecule has 4 nitrogen and oxygen atoms in total. The molecule has 0 aliphatic carbocycles. The third-order valence-corrected chi connectivity index (χ3v) is 3.44. The van der Waals surface area contributed by atoms with E-state index in [1.54, 1.807) is 24.3 Å². The molecule has 0 unspecified atom stereocenters. The number of rotatable bonds is 10. The lowest BCUT2D eigenvalue weighted by molar-refractivity contribution is -0.138. The second-order valence-corrected chi connectivity index (χ2v) is 5.70. The van der Waals surface area contributed by atoms with Crippen LogP contribution in [0.2, 0.25) is 5.02 Å². The van der Waals surface area contributed by atoms with Crippen LogP contribution < -0.4 is 5.32 Å². The number of anilines is 1. The quantitative estimate of drug-likeness (QED) is 0.381. The number of ether oxygens (including phenoxy) is 1. The second-order valence-electron chi connectivity index (χ2n) is 5.27. The number of hydrogen-bond donors (Lipinski definition) is 1. The average Bonchev–Trinajstić information content (AvgIpc) is 2.52. The Bertz CT molecular complexity index is 529. The minimum Gasteiger partial charge on any atom is -0.463 e. The first-order valence-electron chi connectivity index (χ1n) is 8.03. The Balaban J connectivity index is 2.17. The van der Waals surface area contributed by atoms with Gasteiger partial charge in [-0.2, -0.15) is 0 Å². The van der Waals surface area contributed by atoms with Gasteiger partial charge in [0.25, 0.3) is 0 Å². The molecule has 0 saturated heterocycles. The minimum atomic E-state index is -0.500. The molecular formula is C18H24ClNO3. The molecule has 0 saturated carbocycles. The lowest BCUT2D eigenvalue weighted by Crippen LogP contribution is -2.09. The van der Waals surface area contributed by atoms with E-state index in [4.69, 9.17) is 16.3 Å². The maximum Gasteiger partial charge on any atom is 0.330 e. The molecule has 23 heavy (non-hydrogen) atoms. The first-order chi connectivity index (χ1) is 11.1. The van der Waals surface area contributed by atoms with Crippen molar-refractivity contribution in [2.75, 3.05) is 11.9 Å². The molecule has 0 atom stereocenters. The molecule has 1 amide bonds. The maximum atomic E-state index is 11.7. The molecule has 1 aromatic rings. The summed E-state index contributed by atoms with van der Waals surface area (Å²) < 4.78 is 5.04. The normalized spacial score (nSPS) is 10.7. The monoisotopic (exact) mass is 337 g/mol. The third-order valence-electron chi connectivity index (χ3n) is 3.21. The number of esters is 1. The molecule has 126 valence electrons. The van der Waals surface area contributed by atoms with E-state index in [2.05, 4.69) is 12.2 Å². The van der Waals surface area contributed by atoms with E-state index in [1.807, 2.05) is 0 Å². The molecule has 1 rings (SSSR count). The highest BCUT2D eigenvalue weighted by Gasteiger charge is 2.01. The fraction of sp³-hybridized carbons (Fsp3) is 0.444. The van der Waals surface area contributed by atoms with Gasteiger partial charge in [-0.25, -0.2) is 4.79 Å². The van der Waals surface area contributed by atoms with Crippen molar-refractivity contribution < 1.29 is 14.3 Å². The van der Waals surface area contributed by atoms with Crippen LogP contribution >= 0.6 is 11.6 Å². The first-order valence-corrected chi connectivity index (χ1v) is 8.41. The fourth-order valence-corrected chi connectivity index (χ4v) is 2.19. The first kappa shape index (κ1) is 19.2. The van der Waals surface area contributed by atoms with E-state index in [0.717, 1.165) is 25.0 Å². The van der Waals surface area contributed by atoms with Gasteiger partial charge < -0.3 is 10.1 Å². The summed E-state index contributed by atoms with van der Waals surface area (Å²) in [6, 6.07) is 6.79. The van der Waals surface area contributed by atoms with Crippen LogP contribution in [0.4, 0.5) is 5.69 Å². The van der Waals surface area contributed by atoms with Crippen molar-refractivity contribution in [1.82, 2.24) is 0 Å². The Morgan fingerprint density at radius 3 is 2.61 bits per heavy atom. The number of carbonyl (C=O) groups is 2. The summed E-state index contributed by atoms with van der Waals surface area (Å²) >= 11 is 5.82. The van der Waals surface area contributed by atoms with Crippen molar-refractivity contribution in [3.8, 4) is 0 Å². The van der Waals surface area contributed by atoms with Gasteiger partial charge >= 0.3 is 5.97 Å². The lowest BCUT2D eigenvalue weighted by Gasteiger charge is -2.03. The summed E-state index contributed by atoms with van der Waals surface area (Å²) in [5.41, 5.74) is 0.576. The molecule has 0 aliphatic heterocycles. The Morgan fingerprint density at radius 2 is 1.87 bits per heavy atom. The summed E-state index contributed by atoms with van der Waals surface area (Å²) in [4.78, 5) is 23.1. The van der Waals surface area contributed by atoms with Gasteiger partial charge in [0.05, 0.1) is 6.61 Å². The molecule has 0 fully saturated rings. The van der Waals surface area contributed by atoms with Crippen molar-refractivity contribution in [2.24, 2.45) is 0 Å². The SMILES string of the molecule is CCCCCCCCOC(=O)/C=C/C(=O)Nc1cccc(Cl)c1. The topological polar surface area (TPSA) is 55.4 Å². The van der Waals surface area contributed by atoms with Crippen molar-refractivity contribution in [3.05, 3.63) is 41.4 Å². The van der Waals surface area contributed by atoms with Gasteiger partial charge in [-0.1, -0.05) is 56.7 Å². The second kappa shape index (κ2) is 11.7. The lowest BCUT2D eigenvalue weighted by atomic mass is 10.1. The summed E-state index contributed by atoms with van der Waals surface area (Å²) in [6.07, 6.45) is 9.09. The van der Waals surface area contributed by atoms with Crippen molar-refractivity contribution in [2.45, 2.75) is 45.4 Å². The Kier molecular flexibility index (Phi) is 9.80. The molecule has 5 heteroatoms. The Morgan fingerprint density at radius 1 is 1.13 bits per heavy atom. The van der Waals surface area contributed by atoms with Crippen molar-refractivity contribution in [3.63, 3.8) is 0 Å². The zero-order chi connectivity index (χ0) is 16.9. The van der Waals surface area contributed by atoms with E-state index in [9.17, 15) is 9.59 Å². The zero-order valence-corrected chi connectivity index (χ0v) is 14.3. The van der Waals surface area contributed by atoms with Crippen LogP contribution in [0, 0.1) is 0 Å². The van der Waals surface area contributed by atoms with Crippen LogP contribution in [-0.4, -0.2) is 18.5 Å². The van der Waals surface area contributed by atoms with E-state index in [1.165, 1.54) is 25.7 Å². The molecule has 0 radical (unpaired) electrons. The highest BCUT2D eigenvalue weighted by molar-refractivity contribution is 6.30. The molecule has 0 heterocycles. The fourth-order valence-electron chi connectivity index (χ4n) is 2.00. The van der Waals surface area contributed by atoms with E-state index in [-0.39, 0.29) is 0 Å². The summed E-state index contributed by atoms with van der Waals surface area (Å²) in [6.45, 7) is 2.57. The molecular weight excluding hydrogens is 314 g/mol. The predicted octanol–water partition coefficient (Wildman–Crippen LogP) is 4.74. The summed E-state index contributed by atoms with van der Waals surface area (Å²) in [5, 5.41) is 3.15. The Labute approximate surface area is 142 Å². The van der Waals surface area contributed by atoms with Gasteiger partial charge in [0.15, 0.2) is 0 Å². The van der Waals surface area contributed by atoms with Crippen LogP contribution in [0.1, 0.15) is 45.4 Å². The maximum absolute atomic E-state index is 11.7. The molecule has 0 bridgehead atoms. The minimum absolute atomic E-state index is 0.394. The molecule has 0 spiro atoms. The Hall–Kier alpha value is -1.81. The van der Waals surface area contributed by atoms with E-state index < -0.39 is 11.9 Å². The number of benzene rings is 1. The third kappa shape index (κ3) is 9.74. The molecule has 1 N–H and O–H groups in total. The summed E-state index contributed by atoms with van der Waals surface area (Å²) in [7, 11) is 0. The van der Waals surface area contributed by atoms with Crippen LogP contribution in [0.25, 0.3) is 0 Å². The number of hydrogen-bond acceptors (Lipinski definition) is 3. The van der Waals surface area contributed by atoms with Gasteiger partial charge in [0.2, 0.25) is 5.91 Å². The van der Waals surface area contributed by atoms with Crippen LogP contribution in [0.15, 0.2) is 36.4 Å². The largest absolute Gasteiger partial charge is 0.463 e. The van der Waals surface area contributed by atoms with Crippen LogP contribution in [0.3, 0.4) is 0 Å². The van der Waals surface area contributed by atoms with Crippen molar-refractivity contribution >= 4 is 29.2 Å². The van der Waals surface area contributed by atoms with Crippen molar-refractivity contribution in [1.29, 1.82) is 0 Å². The van der Waals surface area contributed by atoms with E-state index in [0.29, 0.717) is 17.3 Å². The number of amides is 1. The van der Waals surface area contributed by atoms with Gasteiger partial charge in [0, 0.05) is 22.9 Å². The average molecular weight is 338 g/mol. The van der Waals surface area contributed by atoms with E-state index >= 15 is 0 Å². The van der Waals surface area contributed by atoms with Gasteiger partial charge in [-0.15, -0.1) is 0 Å². The zero-order valence-electron chi connectivity index (χ0n) is 13.5. The number of nitrogens with one attached hydrogen (secondary N) is 1. The molecule has 1 aromatic carbocycles. The molecule has 0 aliphatic rings. The molecule has 0 aromatic heterocycles. The highest BCUT2D eigenvalue weighted by atomic mass is 35.5. The highest BCUT2D eigenvalue weighted by Crippen LogP contribution is 2.14. The predicted molar refractivity (Wildman–Crippen MR) is 93.6 cm³/mol. The number of carbonyl (C=O) groups excluding carboxylic acids is 2. The van der Waals surface area contributed by atoms with Crippen LogP contribution in [-0.2, 0) is 14.3 Å². The standard InChI is InChI=1S/C18H24ClNO3/c1-2-3-4-5-6-7-13-23-18(22)12-11-17(21)20-16-10-8-9-15(19)14-16/h8-12,14H,2-7,13H2,1H3,(H,20,21)/b12-11+. The van der Waals surface area contributed by atoms with Crippen LogP contribution in [0.5, 0.6) is 0 Å². The van der Waals surface area contributed by atoms with Gasteiger partial charge in [-0.3, -0.25) is 4.79 Å². The van der Waals surface area contributed by atoms with Gasteiger partial charge in [0.1, 0.15) is 0 Å². The smallest absolute Gasteiger partial charge is 0.330 e. The number of unbranched alkanes of at least 4 members (excludes halogenated alkanes) is 5. The summed E-state index contributed by atoms with van der Waals surface area (Å²) in [5.74, 6) is -0.899. The number of halogens is 1. The van der Waals surface area contributed by atoms with Gasteiger partial charge in [-0.05, 0) is 24.6 Å².